The van der Waals surface area contributed by atoms with Crippen molar-refractivity contribution in [2.24, 2.45) is 0 Å². The molecular weight excluding hydrogens is 1550 g/mol. The molecule has 33 heteroatoms. The average Bonchev–Trinajstić information content (AvgIpc) is 1.62. The minimum atomic E-state index is -3.73. The number of thiazole rings is 3. The first kappa shape index (κ1) is 73.8. The van der Waals surface area contributed by atoms with Crippen LogP contribution >= 0.6 is 104 Å². The first-order valence-electron chi connectivity index (χ1n) is 32.5. The molecule has 9 aromatic rings. The van der Waals surface area contributed by atoms with Gasteiger partial charge in [-0.25, -0.2) is 40.2 Å². The lowest BCUT2D eigenvalue weighted by molar-refractivity contribution is -0.122. The lowest BCUT2D eigenvalue weighted by Crippen LogP contribution is -2.40. The summed E-state index contributed by atoms with van der Waals surface area (Å²) < 4.78 is 82.8. The number of likely N-dealkylation sites (tertiary alicyclic amines) is 3. The smallest absolute Gasteiger partial charge is 0.263 e. The van der Waals surface area contributed by atoms with E-state index < -0.39 is 30.1 Å². The molecule has 3 N–H and O–H groups in total. The Bertz CT molecular complexity index is 4320. The third-order valence-electron chi connectivity index (χ3n) is 18.9. The third kappa shape index (κ3) is 17.2. The van der Waals surface area contributed by atoms with Crippen molar-refractivity contribution in [3.8, 4) is 0 Å². The van der Waals surface area contributed by atoms with Crippen LogP contribution in [0.4, 0.5) is 32.5 Å². The van der Waals surface area contributed by atoms with Crippen LogP contribution in [0.5, 0.6) is 0 Å². The topological polar surface area (TPSA) is 248 Å². The van der Waals surface area contributed by atoms with Crippen molar-refractivity contribution in [2.75, 3.05) is 87.8 Å². The van der Waals surface area contributed by atoms with Gasteiger partial charge in [0.25, 0.3) is 30.1 Å². The minimum absolute atomic E-state index is 0.0429. The summed E-state index contributed by atoms with van der Waals surface area (Å²) in [5.74, 6) is 0.984. The van der Waals surface area contributed by atoms with Gasteiger partial charge in [0.15, 0.2) is 15.4 Å². The molecule has 0 radical (unpaired) electrons. The number of carbonyl (C=O) groups is 3. The Morgan fingerprint density at radius 3 is 0.814 bits per heavy atom. The zero-order valence-corrected chi connectivity index (χ0v) is 63.5. The number of nitrogens with zero attached hydrogens (tertiary/aromatic N) is 9. The van der Waals surface area contributed by atoms with Crippen molar-refractivity contribution in [3.63, 3.8) is 0 Å². The van der Waals surface area contributed by atoms with Crippen LogP contribution < -0.4 is 28.9 Å². The molecule has 21 nitrogen and oxygen atoms in total. The number of benzene rings is 6. The van der Waals surface area contributed by atoms with E-state index in [2.05, 4.69) is 43.8 Å². The minimum Gasteiger partial charge on any atom is -0.311 e. The summed E-state index contributed by atoms with van der Waals surface area (Å²) in [4.78, 5) is 63.9. The van der Waals surface area contributed by atoms with E-state index in [0.29, 0.717) is 82.2 Å². The van der Waals surface area contributed by atoms with E-state index in [1.807, 2.05) is 36.4 Å². The van der Waals surface area contributed by atoms with Crippen LogP contribution in [-0.4, -0.2) is 150 Å². The third-order valence-corrected chi connectivity index (χ3v) is 26.7. The van der Waals surface area contributed by atoms with Crippen LogP contribution in [0.15, 0.2) is 177 Å². The van der Waals surface area contributed by atoms with Crippen LogP contribution in [-0.2, 0) is 44.5 Å². The number of amides is 3. The monoisotopic (exact) mass is 1610 g/mol. The Morgan fingerprint density at radius 1 is 0.343 bits per heavy atom. The zero-order chi connectivity index (χ0) is 71.6. The van der Waals surface area contributed by atoms with Crippen LogP contribution in [0.2, 0.25) is 30.1 Å². The summed E-state index contributed by atoms with van der Waals surface area (Å²) in [6, 6.07) is 35.5. The largest absolute Gasteiger partial charge is 0.311 e. The Labute approximate surface area is 633 Å². The predicted molar refractivity (Wildman–Crippen MR) is 407 cm³/mol. The number of rotatable bonds is 18. The molecule has 3 amide bonds. The second-order valence-corrected chi connectivity index (χ2v) is 35.6. The maximum Gasteiger partial charge on any atom is 0.263 e. The van der Waals surface area contributed by atoms with E-state index in [-0.39, 0.29) is 68.3 Å². The molecular formula is C69H66Cl6N12O9S6. The molecule has 0 bridgehead atoms. The van der Waals surface area contributed by atoms with Crippen LogP contribution in [0.1, 0.15) is 73.0 Å². The van der Waals surface area contributed by atoms with Crippen LogP contribution in [0.25, 0.3) is 0 Å². The van der Waals surface area contributed by atoms with Crippen molar-refractivity contribution in [1.29, 1.82) is 0 Å². The molecule has 0 aliphatic carbocycles. The molecule has 1 unspecified atom stereocenters. The van der Waals surface area contributed by atoms with Gasteiger partial charge in [0.1, 0.15) is 0 Å². The number of carbonyl (C=O) groups excluding carboxylic acids is 3. The van der Waals surface area contributed by atoms with Crippen molar-refractivity contribution in [2.45, 2.75) is 89.1 Å². The fourth-order valence-electron chi connectivity index (χ4n) is 14.0. The van der Waals surface area contributed by atoms with E-state index in [4.69, 9.17) is 69.6 Å². The van der Waals surface area contributed by atoms with Gasteiger partial charge in [-0.15, -0.1) is 34.0 Å². The molecule has 6 fully saturated rings. The predicted octanol–water partition coefficient (Wildman–Crippen LogP) is 14.5. The highest BCUT2D eigenvalue weighted by Gasteiger charge is 2.43. The highest BCUT2D eigenvalue weighted by molar-refractivity contribution is 7.93. The molecule has 6 saturated heterocycles. The number of sulfonamides is 3. The van der Waals surface area contributed by atoms with Gasteiger partial charge in [0.2, 0.25) is 17.7 Å². The fraction of sp³-hybridized carbons (Fsp3) is 0.304. The van der Waals surface area contributed by atoms with Crippen LogP contribution in [0, 0.1) is 0 Å². The Hall–Kier alpha value is -6.51. The summed E-state index contributed by atoms with van der Waals surface area (Å²) in [5, 5.41) is 9.75. The summed E-state index contributed by atoms with van der Waals surface area (Å²) in [5.41, 5.74) is 5.38. The number of hydrogen-bond acceptors (Lipinski definition) is 18. The van der Waals surface area contributed by atoms with E-state index in [9.17, 15) is 39.6 Å². The standard InChI is InChI=1S/3C23H22Cl2N4O3S2/c3*24-17-11-16(12-18(25)13-17)15-5-8-28(14-15)21-6-9-29(22(21)30)19-1-3-20(4-2-19)34(31,32)27-23-26-7-10-33-23/h3*1-4,7,10-13,15,21H,5-6,8-9,14H2,(H,26,27)/t15?,21-;15-,21+;15-,21-/m010/s1. The maximum atomic E-state index is 13.2. The van der Waals surface area contributed by atoms with Crippen molar-refractivity contribution in [3.05, 3.63) is 209 Å². The van der Waals surface area contributed by atoms with Gasteiger partial charge < -0.3 is 14.7 Å². The lowest BCUT2D eigenvalue weighted by Gasteiger charge is -2.23. The van der Waals surface area contributed by atoms with Gasteiger partial charge in [-0.1, -0.05) is 69.6 Å². The van der Waals surface area contributed by atoms with Crippen molar-refractivity contribution in [1.82, 2.24) is 29.7 Å². The molecule has 0 saturated carbocycles. The lowest BCUT2D eigenvalue weighted by atomic mass is 9.98. The van der Waals surface area contributed by atoms with Crippen molar-refractivity contribution < 1.29 is 39.6 Å². The SMILES string of the molecule is O=C1[C@@H](N2CCC(c3cc(Cl)cc(Cl)c3)C2)CCN1c1ccc(S(=O)(=O)Nc2nccs2)cc1.O=C1[C@@H](N2CC[C@@H](c3cc(Cl)cc(Cl)c3)C2)CCN1c1ccc(S(=O)(=O)Nc2nccs2)cc1.O=C1[C@@H](N2CC[C@H](c3cc(Cl)cc(Cl)c3)C2)CCN1c1ccc(S(=O)(=O)Nc2nccs2)cc1. The number of anilines is 6. The highest BCUT2D eigenvalue weighted by atomic mass is 35.5. The van der Waals surface area contributed by atoms with Gasteiger partial charge in [-0.2, -0.15) is 0 Å². The van der Waals surface area contributed by atoms with Crippen LogP contribution in [0.3, 0.4) is 0 Å². The average molecular weight is 1610 g/mol. The molecule has 3 aromatic heterocycles. The Kier molecular flexibility index (Phi) is 22.9. The van der Waals surface area contributed by atoms with E-state index in [1.54, 1.807) is 85.4 Å². The molecule has 15 rings (SSSR count). The summed E-state index contributed by atoms with van der Waals surface area (Å²) in [6.45, 7) is 6.61. The number of aromatic nitrogens is 3. The van der Waals surface area contributed by atoms with Gasteiger partial charge in [-0.3, -0.25) is 43.2 Å². The summed E-state index contributed by atoms with van der Waals surface area (Å²) in [6.07, 6.45) is 9.63. The number of hydrogen-bond donors (Lipinski definition) is 3. The quantitative estimate of drug-likeness (QED) is 0.0723. The van der Waals surface area contributed by atoms with E-state index in [1.165, 1.54) is 89.0 Å². The summed E-state index contributed by atoms with van der Waals surface area (Å²) >= 11 is 40.7. The van der Waals surface area contributed by atoms with Gasteiger partial charge in [0.05, 0.1) is 32.8 Å². The normalized spacial score (nSPS) is 21.4. The molecule has 534 valence electrons. The van der Waals surface area contributed by atoms with Gasteiger partial charge >= 0.3 is 0 Å². The van der Waals surface area contributed by atoms with E-state index >= 15 is 0 Å². The number of nitrogens with one attached hydrogen (secondary N) is 3. The molecule has 6 atom stereocenters. The fourth-order valence-corrected chi connectivity index (χ4v) is 21.0. The molecule has 9 heterocycles. The Morgan fingerprint density at radius 2 is 0.588 bits per heavy atom. The molecule has 6 aromatic carbocycles. The maximum absolute atomic E-state index is 13.2. The van der Waals surface area contributed by atoms with Gasteiger partial charge in [-0.05, 0) is 220 Å². The molecule has 6 aliphatic heterocycles. The second kappa shape index (κ2) is 31.7. The first-order chi connectivity index (χ1) is 48.9. The first-order valence-corrected chi connectivity index (χ1v) is 41.9. The molecule has 6 aliphatic rings. The molecule has 0 spiro atoms. The highest BCUT2D eigenvalue weighted by Crippen LogP contribution is 2.40. The summed E-state index contributed by atoms with van der Waals surface area (Å²) in [7, 11) is -11.2. The Balaban J connectivity index is 0.000000137. The zero-order valence-electron chi connectivity index (χ0n) is 54.1. The molecule has 102 heavy (non-hydrogen) atoms. The van der Waals surface area contributed by atoms with Gasteiger partial charge in [0, 0.05) is 121 Å². The van der Waals surface area contributed by atoms with Crippen molar-refractivity contribution >= 4 is 184 Å². The second-order valence-electron chi connectivity index (χ2n) is 25.2. The number of halogens is 6. The van der Waals surface area contributed by atoms with E-state index in [0.717, 1.165) is 94.5 Å².